The number of rotatable bonds is 4. The second-order valence-electron chi connectivity index (χ2n) is 3.69. The number of primary amides is 2. The Morgan fingerprint density at radius 3 is 2.15 bits per heavy atom. The summed E-state index contributed by atoms with van der Waals surface area (Å²) >= 11 is 0. The standard InChI is InChI=1S/C8H16N2O3/c1-5(6(9)11)4-8(2,3)13-7(10)12/h5H,4H2,1-3H3,(H2,9,11)(H2,10,12). The van der Waals surface area contributed by atoms with Crippen molar-refractivity contribution in [2.24, 2.45) is 17.4 Å². The summed E-state index contributed by atoms with van der Waals surface area (Å²) in [7, 11) is 0. The van der Waals surface area contributed by atoms with E-state index in [-0.39, 0.29) is 5.92 Å². The molecule has 0 aromatic carbocycles. The highest BCUT2D eigenvalue weighted by atomic mass is 16.6. The molecule has 1 unspecified atom stereocenters. The summed E-state index contributed by atoms with van der Waals surface area (Å²) in [6, 6.07) is 0. The van der Waals surface area contributed by atoms with Crippen molar-refractivity contribution in [3.05, 3.63) is 0 Å². The van der Waals surface area contributed by atoms with Crippen LogP contribution in [0.5, 0.6) is 0 Å². The zero-order valence-corrected chi connectivity index (χ0v) is 8.16. The molecule has 0 saturated heterocycles. The van der Waals surface area contributed by atoms with Crippen LogP contribution in [-0.4, -0.2) is 17.6 Å². The normalized spacial score (nSPS) is 13.5. The lowest BCUT2D eigenvalue weighted by atomic mass is 9.94. The fraction of sp³-hybridized carbons (Fsp3) is 0.750. The Kier molecular flexibility index (Phi) is 3.71. The minimum atomic E-state index is -0.846. The number of nitrogens with two attached hydrogens (primary N) is 2. The van der Waals surface area contributed by atoms with Gasteiger partial charge in [-0.25, -0.2) is 4.79 Å². The Hall–Kier alpha value is -1.26. The zero-order chi connectivity index (χ0) is 10.6. The van der Waals surface area contributed by atoms with Crippen LogP contribution in [0.1, 0.15) is 27.2 Å². The first-order valence-electron chi connectivity index (χ1n) is 4.02. The minimum absolute atomic E-state index is 0.339. The average molecular weight is 188 g/mol. The Morgan fingerprint density at radius 1 is 1.38 bits per heavy atom. The number of ether oxygens (including phenoxy) is 1. The highest BCUT2D eigenvalue weighted by Gasteiger charge is 2.26. The van der Waals surface area contributed by atoms with Gasteiger partial charge in [-0.1, -0.05) is 6.92 Å². The van der Waals surface area contributed by atoms with Gasteiger partial charge in [-0.2, -0.15) is 0 Å². The fourth-order valence-electron chi connectivity index (χ4n) is 1.15. The summed E-state index contributed by atoms with van der Waals surface area (Å²) in [5.74, 6) is -0.754. The summed E-state index contributed by atoms with van der Waals surface area (Å²) < 4.78 is 4.79. The van der Waals surface area contributed by atoms with E-state index in [1.54, 1.807) is 20.8 Å². The van der Waals surface area contributed by atoms with E-state index in [2.05, 4.69) is 0 Å². The molecule has 0 aromatic heterocycles. The maximum Gasteiger partial charge on any atom is 0.405 e. The number of carbonyl (C=O) groups is 2. The monoisotopic (exact) mass is 188 g/mol. The van der Waals surface area contributed by atoms with Crippen molar-refractivity contribution < 1.29 is 14.3 Å². The maximum absolute atomic E-state index is 10.7. The Balaban J connectivity index is 4.16. The first-order chi connectivity index (χ1) is 5.74. The van der Waals surface area contributed by atoms with Crippen LogP contribution >= 0.6 is 0 Å². The van der Waals surface area contributed by atoms with Gasteiger partial charge in [0, 0.05) is 5.92 Å². The predicted octanol–water partition coefficient (Wildman–Crippen LogP) is 0.372. The molecule has 0 heterocycles. The van der Waals surface area contributed by atoms with E-state index in [0.29, 0.717) is 6.42 Å². The van der Waals surface area contributed by atoms with Crippen LogP contribution in [0.4, 0.5) is 4.79 Å². The van der Waals surface area contributed by atoms with E-state index in [9.17, 15) is 9.59 Å². The zero-order valence-electron chi connectivity index (χ0n) is 8.16. The molecule has 1 atom stereocenters. The fourth-order valence-corrected chi connectivity index (χ4v) is 1.15. The summed E-state index contributed by atoms with van der Waals surface area (Å²) in [5, 5.41) is 0. The highest BCUT2D eigenvalue weighted by Crippen LogP contribution is 2.19. The van der Waals surface area contributed by atoms with E-state index >= 15 is 0 Å². The molecule has 5 nitrogen and oxygen atoms in total. The lowest BCUT2D eigenvalue weighted by molar-refractivity contribution is -0.123. The first-order valence-corrected chi connectivity index (χ1v) is 4.02. The molecule has 0 aliphatic heterocycles. The van der Waals surface area contributed by atoms with Gasteiger partial charge in [-0.3, -0.25) is 4.79 Å². The topological polar surface area (TPSA) is 95.4 Å². The summed E-state index contributed by atoms with van der Waals surface area (Å²) in [4.78, 5) is 21.2. The molecule has 5 heteroatoms. The molecule has 0 aliphatic carbocycles. The Bertz CT molecular complexity index is 213. The van der Waals surface area contributed by atoms with E-state index in [1.807, 2.05) is 0 Å². The molecule has 0 aliphatic rings. The molecule has 0 aromatic rings. The molecule has 0 rings (SSSR count). The third-order valence-electron chi connectivity index (χ3n) is 1.66. The van der Waals surface area contributed by atoms with E-state index < -0.39 is 17.6 Å². The van der Waals surface area contributed by atoms with Gasteiger partial charge in [0.05, 0.1) is 0 Å². The van der Waals surface area contributed by atoms with Gasteiger partial charge in [0.25, 0.3) is 0 Å². The lowest BCUT2D eigenvalue weighted by Crippen LogP contribution is -2.35. The molecule has 0 spiro atoms. The van der Waals surface area contributed by atoms with Gasteiger partial charge in [-0.15, -0.1) is 0 Å². The van der Waals surface area contributed by atoms with Crippen LogP contribution in [-0.2, 0) is 9.53 Å². The third kappa shape index (κ3) is 5.05. The summed E-state index contributed by atoms with van der Waals surface area (Å²) in [6.07, 6.45) is -0.479. The molecular weight excluding hydrogens is 172 g/mol. The first kappa shape index (κ1) is 11.7. The van der Waals surface area contributed by atoms with Gasteiger partial charge in [0.15, 0.2) is 0 Å². The lowest BCUT2D eigenvalue weighted by Gasteiger charge is -2.25. The van der Waals surface area contributed by atoms with E-state index in [1.165, 1.54) is 0 Å². The quantitative estimate of drug-likeness (QED) is 0.667. The largest absolute Gasteiger partial charge is 0.444 e. The SMILES string of the molecule is CC(CC(C)(C)OC(N)=O)C(N)=O. The molecule has 13 heavy (non-hydrogen) atoms. The molecule has 0 fully saturated rings. The van der Waals surface area contributed by atoms with Crippen LogP contribution in [0, 0.1) is 5.92 Å². The van der Waals surface area contributed by atoms with Crippen molar-refractivity contribution in [3.8, 4) is 0 Å². The maximum atomic E-state index is 10.7. The van der Waals surface area contributed by atoms with Crippen LogP contribution in [0.25, 0.3) is 0 Å². The van der Waals surface area contributed by atoms with Gasteiger partial charge in [0.1, 0.15) is 5.60 Å². The number of hydrogen-bond acceptors (Lipinski definition) is 3. The minimum Gasteiger partial charge on any atom is -0.444 e. The smallest absolute Gasteiger partial charge is 0.405 e. The Morgan fingerprint density at radius 2 is 1.85 bits per heavy atom. The van der Waals surface area contributed by atoms with E-state index in [0.717, 1.165) is 0 Å². The van der Waals surface area contributed by atoms with Crippen LogP contribution in [0.15, 0.2) is 0 Å². The van der Waals surface area contributed by atoms with Gasteiger partial charge in [0.2, 0.25) is 5.91 Å². The average Bonchev–Trinajstić information content (AvgIpc) is 1.81. The van der Waals surface area contributed by atoms with Crippen molar-refractivity contribution >= 4 is 12.0 Å². The second-order valence-corrected chi connectivity index (χ2v) is 3.69. The van der Waals surface area contributed by atoms with Crippen molar-refractivity contribution in [3.63, 3.8) is 0 Å². The molecular formula is C8H16N2O3. The number of carbonyl (C=O) groups excluding carboxylic acids is 2. The molecule has 2 amide bonds. The third-order valence-corrected chi connectivity index (χ3v) is 1.66. The molecule has 0 radical (unpaired) electrons. The van der Waals surface area contributed by atoms with Crippen molar-refractivity contribution in [2.75, 3.05) is 0 Å². The molecule has 0 bridgehead atoms. The highest BCUT2D eigenvalue weighted by molar-refractivity contribution is 5.76. The van der Waals surface area contributed by atoms with Crippen LogP contribution < -0.4 is 11.5 Å². The molecule has 4 N–H and O–H groups in total. The predicted molar refractivity (Wildman–Crippen MR) is 47.7 cm³/mol. The molecule has 0 saturated carbocycles. The summed E-state index contributed by atoms with van der Waals surface area (Å²) in [6.45, 7) is 5.03. The number of hydrogen-bond donors (Lipinski definition) is 2. The Labute approximate surface area is 77.4 Å². The number of amides is 2. The van der Waals surface area contributed by atoms with Crippen molar-refractivity contribution in [2.45, 2.75) is 32.8 Å². The second kappa shape index (κ2) is 4.11. The summed E-state index contributed by atoms with van der Waals surface area (Å²) in [5.41, 5.74) is 9.17. The van der Waals surface area contributed by atoms with Gasteiger partial charge >= 0.3 is 6.09 Å². The van der Waals surface area contributed by atoms with Gasteiger partial charge in [-0.05, 0) is 20.3 Å². The molecule has 76 valence electrons. The van der Waals surface area contributed by atoms with Gasteiger partial charge < -0.3 is 16.2 Å². The van der Waals surface area contributed by atoms with Crippen molar-refractivity contribution in [1.82, 2.24) is 0 Å². The van der Waals surface area contributed by atoms with Crippen LogP contribution in [0.2, 0.25) is 0 Å². The van der Waals surface area contributed by atoms with E-state index in [4.69, 9.17) is 16.2 Å². The van der Waals surface area contributed by atoms with Crippen LogP contribution in [0.3, 0.4) is 0 Å². The van der Waals surface area contributed by atoms with Crippen molar-refractivity contribution in [1.29, 1.82) is 0 Å².